The van der Waals surface area contributed by atoms with Crippen LogP contribution < -0.4 is 10.4 Å². The minimum absolute atomic E-state index is 0.0910. The lowest BCUT2D eigenvalue weighted by atomic mass is 10.0. The predicted molar refractivity (Wildman–Crippen MR) is 74.5 cm³/mol. The molecule has 5 nitrogen and oxygen atoms in total. The number of aryl methyl sites for hydroxylation is 2. The Morgan fingerprint density at radius 2 is 2.00 bits per heavy atom. The fourth-order valence-electron chi connectivity index (χ4n) is 2.31. The van der Waals surface area contributed by atoms with E-state index < -0.39 is 11.6 Å². The van der Waals surface area contributed by atoms with Gasteiger partial charge in [0.25, 0.3) is 0 Å². The third-order valence-electron chi connectivity index (χ3n) is 3.46. The maximum Gasteiger partial charge on any atom is 0.339 e. The van der Waals surface area contributed by atoms with Crippen molar-refractivity contribution in [2.24, 2.45) is 0 Å². The summed E-state index contributed by atoms with van der Waals surface area (Å²) in [4.78, 5) is 22.7. The number of carbonyl (C=O) groups is 1. The second kappa shape index (κ2) is 5.36. The normalized spacial score (nSPS) is 10.8. The van der Waals surface area contributed by atoms with Crippen molar-refractivity contribution in [1.82, 2.24) is 0 Å². The molecule has 1 heterocycles. The fourth-order valence-corrected chi connectivity index (χ4v) is 2.31. The van der Waals surface area contributed by atoms with Gasteiger partial charge in [-0.05, 0) is 38.0 Å². The van der Waals surface area contributed by atoms with Gasteiger partial charge in [0.1, 0.15) is 11.3 Å². The van der Waals surface area contributed by atoms with Crippen molar-refractivity contribution in [3.05, 3.63) is 39.2 Å². The molecule has 0 fully saturated rings. The van der Waals surface area contributed by atoms with Gasteiger partial charge < -0.3 is 14.3 Å². The van der Waals surface area contributed by atoms with Gasteiger partial charge in [-0.2, -0.15) is 0 Å². The summed E-state index contributed by atoms with van der Waals surface area (Å²) < 4.78 is 10.6. The van der Waals surface area contributed by atoms with E-state index in [-0.39, 0.29) is 12.8 Å². The van der Waals surface area contributed by atoms with Crippen LogP contribution in [-0.2, 0) is 11.2 Å². The molecule has 1 N–H and O–H groups in total. The topological polar surface area (TPSA) is 76.7 Å². The molecule has 0 saturated carbocycles. The summed E-state index contributed by atoms with van der Waals surface area (Å²) in [5, 5.41) is 9.54. The molecule has 20 heavy (non-hydrogen) atoms. The van der Waals surface area contributed by atoms with E-state index in [1.165, 1.54) is 0 Å². The summed E-state index contributed by atoms with van der Waals surface area (Å²) in [6.45, 7) is 3.63. The molecular weight excluding hydrogens is 260 g/mol. The van der Waals surface area contributed by atoms with Gasteiger partial charge in [-0.25, -0.2) is 4.79 Å². The first-order chi connectivity index (χ1) is 9.45. The van der Waals surface area contributed by atoms with Gasteiger partial charge >= 0.3 is 11.6 Å². The highest BCUT2D eigenvalue weighted by Crippen LogP contribution is 2.29. The molecular formula is C15H16O5. The molecule has 0 aliphatic rings. The summed E-state index contributed by atoms with van der Waals surface area (Å²) in [7, 11) is 1.56. The Morgan fingerprint density at radius 3 is 2.60 bits per heavy atom. The number of hydrogen-bond donors (Lipinski definition) is 1. The van der Waals surface area contributed by atoms with Crippen LogP contribution in [0.4, 0.5) is 0 Å². The van der Waals surface area contributed by atoms with E-state index in [1.807, 2.05) is 26.0 Å². The Labute approximate surface area is 115 Å². The minimum atomic E-state index is -0.935. The highest BCUT2D eigenvalue weighted by Gasteiger charge is 2.15. The number of methoxy groups -OCH3 is 1. The lowest BCUT2D eigenvalue weighted by Crippen LogP contribution is -2.12. The molecule has 0 unspecified atom stereocenters. The maximum atomic E-state index is 12.0. The Morgan fingerprint density at radius 1 is 1.30 bits per heavy atom. The summed E-state index contributed by atoms with van der Waals surface area (Å²) in [5.41, 5.74) is 1.96. The number of hydrogen-bond acceptors (Lipinski definition) is 4. The van der Waals surface area contributed by atoms with Crippen molar-refractivity contribution >= 4 is 16.9 Å². The van der Waals surface area contributed by atoms with E-state index in [9.17, 15) is 9.59 Å². The van der Waals surface area contributed by atoms with Crippen LogP contribution in [0.15, 0.2) is 21.3 Å². The number of rotatable bonds is 4. The van der Waals surface area contributed by atoms with E-state index in [0.717, 1.165) is 16.5 Å². The molecule has 0 aliphatic carbocycles. The average Bonchev–Trinajstić information content (AvgIpc) is 2.39. The van der Waals surface area contributed by atoms with Crippen LogP contribution in [0.2, 0.25) is 0 Å². The third kappa shape index (κ3) is 2.39. The maximum absolute atomic E-state index is 12.0. The second-order valence-corrected chi connectivity index (χ2v) is 4.66. The Hall–Kier alpha value is -2.30. The zero-order valence-corrected chi connectivity index (χ0v) is 11.6. The molecule has 0 aliphatic heterocycles. The van der Waals surface area contributed by atoms with Gasteiger partial charge in [0, 0.05) is 22.9 Å². The van der Waals surface area contributed by atoms with Gasteiger partial charge in [0.2, 0.25) is 0 Å². The van der Waals surface area contributed by atoms with E-state index in [1.54, 1.807) is 7.11 Å². The van der Waals surface area contributed by atoms with Crippen LogP contribution in [-0.4, -0.2) is 18.2 Å². The average molecular weight is 276 g/mol. The summed E-state index contributed by atoms with van der Waals surface area (Å²) in [6, 6.07) is 3.63. The molecule has 5 heteroatoms. The van der Waals surface area contributed by atoms with Crippen LogP contribution in [0, 0.1) is 13.8 Å². The van der Waals surface area contributed by atoms with Crippen LogP contribution in [0.3, 0.4) is 0 Å². The van der Waals surface area contributed by atoms with Crippen molar-refractivity contribution < 1.29 is 19.1 Å². The van der Waals surface area contributed by atoms with Crippen molar-refractivity contribution in [1.29, 1.82) is 0 Å². The van der Waals surface area contributed by atoms with Gasteiger partial charge in [-0.3, -0.25) is 4.79 Å². The number of carboxylic acid groups (broad SMARTS) is 1. The van der Waals surface area contributed by atoms with E-state index >= 15 is 0 Å². The first kappa shape index (κ1) is 14.1. The van der Waals surface area contributed by atoms with Crippen LogP contribution in [0.5, 0.6) is 5.75 Å². The Bertz CT molecular complexity index is 727. The number of aliphatic carboxylic acids is 1. The van der Waals surface area contributed by atoms with Crippen molar-refractivity contribution in [2.75, 3.05) is 7.11 Å². The minimum Gasteiger partial charge on any atom is -0.496 e. The molecule has 1 aromatic heterocycles. The second-order valence-electron chi connectivity index (χ2n) is 4.66. The van der Waals surface area contributed by atoms with Gasteiger partial charge in [0.15, 0.2) is 0 Å². The molecule has 106 valence electrons. The number of ether oxygens (including phenoxy) is 1. The van der Waals surface area contributed by atoms with E-state index in [2.05, 4.69) is 0 Å². The van der Waals surface area contributed by atoms with E-state index in [4.69, 9.17) is 14.3 Å². The molecule has 1 aromatic carbocycles. The zero-order valence-electron chi connectivity index (χ0n) is 11.6. The van der Waals surface area contributed by atoms with Crippen molar-refractivity contribution in [3.63, 3.8) is 0 Å². The molecule has 0 saturated heterocycles. The monoisotopic (exact) mass is 276 g/mol. The highest BCUT2D eigenvalue weighted by atomic mass is 16.5. The summed E-state index contributed by atoms with van der Waals surface area (Å²) in [6.07, 6.45) is 0.0801. The smallest absolute Gasteiger partial charge is 0.339 e. The summed E-state index contributed by atoms with van der Waals surface area (Å²) in [5.74, 6) is -0.284. The van der Waals surface area contributed by atoms with E-state index in [0.29, 0.717) is 16.9 Å². The first-order valence-corrected chi connectivity index (χ1v) is 6.27. The predicted octanol–water partition coefficient (Wildman–Crippen LogP) is 2.44. The van der Waals surface area contributed by atoms with Crippen LogP contribution >= 0.6 is 0 Å². The number of carboxylic acids is 1. The lowest BCUT2D eigenvalue weighted by Gasteiger charge is -2.11. The standard InChI is InChI=1S/C15H16O5/c1-8-10-4-6-12(19-3)9(2)14(10)20-15(18)11(8)5-7-13(16)17/h4,6H,5,7H2,1-3H3,(H,16,17). The van der Waals surface area contributed by atoms with Crippen LogP contribution in [0.25, 0.3) is 11.0 Å². The summed E-state index contributed by atoms with van der Waals surface area (Å²) >= 11 is 0. The molecule has 0 atom stereocenters. The molecule has 2 aromatic rings. The number of fused-ring (bicyclic) bond motifs is 1. The molecule has 2 rings (SSSR count). The largest absolute Gasteiger partial charge is 0.496 e. The number of benzene rings is 1. The van der Waals surface area contributed by atoms with Crippen molar-refractivity contribution in [3.8, 4) is 5.75 Å². The lowest BCUT2D eigenvalue weighted by molar-refractivity contribution is -0.136. The molecule has 0 spiro atoms. The fraction of sp³-hybridized carbons (Fsp3) is 0.333. The van der Waals surface area contributed by atoms with Gasteiger partial charge in [-0.15, -0.1) is 0 Å². The van der Waals surface area contributed by atoms with Gasteiger partial charge in [-0.1, -0.05) is 0 Å². The Balaban J connectivity index is 2.65. The Kier molecular flexibility index (Phi) is 3.79. The molecule has 0 amide bonds. The SMILES string of the molecule is COc1ccc2c(C)c(CCC(=O)O)c(=O)oc2c1C. The van der Waals surface area contributed by atoms with Crippen molar-refractivity contribution in [2.45, 2.75) is 26.7 Å². The van der Waals surface area contributed by atoms with Crippen LogP contribution in [0.1, 0.15) is 23.1 Å². The first-order valence-electron chi connectivity index (χ1n) is 6.27. The zero-order chi connectivity index (χ0) is 14.9. The molecule has 0 radical (unpaired) electrons. The highest BCUT2D eigenvalue weighted by molar-refractivity contribution is 5.85. The van der Waals surface area contributed by atoms with Gasteiger partial charge in [0.05, 0.1) is 7.11 Å². The third-order valence-corrected chi connectivity index (χ3v) is 3.46. The molecule has 0 bridgehead atoms. The quantitative estimate of drug-likeness (QED) is 0.868.